The quantitative estimate of drug-likeness (QED) is 0.840. The predicted molar refractivity (Wildman–Crippen MR) is 69.6 cm³/mol. The van der Waals surface area contributed by atoms with E-state index in [2.05, 4.69) is 19.2 Å². The van der Waals surface area contributed by atoms with Gasteiger partial charge in [0.2, 0.25) is 0 Å². The molecule has 1 aromatic carbocycles. The van der Waals surface area contributed by atoms with Crippen LogP contribution in [0.3, 0.4) is 0 Å². The Morgan fingerprint density at radius 1 is 1.22 bits per heavy atom. The first-order valence-corrected chi connectivity index (χ1v) is 6.85. The number of rotatable bonds is 5. The summed E-state index contributed by atoms with van der Waals surface area (Å²) in [6.45, 7) is 5.35. The molecule has 2 rings (SSSR count). The van der Waals surface area contributed by atoms with Crippen LogP contribution in [0.25, 0.3) is 0 Å². The van der Waals surface area contributed by atoms with Crippen LogP contribution in [-0.4, -0.2) is 12.6 Å². The third-order valence-electron chi connectivity index (χ3n) is 4.04. The Kier molecular flexibility index (Phi) is 4.33. The van der Waals surface area contributed by atoms with Crippen LogP contribution in [0.4, 0.5) is 8.78 Å². The Hall–Kier alpha value is -0.960. The van der Waals surface area contributed by atoms with Crippen molar-refractivity contribution in [3.8, 4) is 0 Å². The molecule has 1 aliphatic carbocycles. The SMILES string of the molecule is CCCNC1CC(c2ccc(F)c(F)c2)C1CC. The van der Waals surface area contributed by atoms with Crippen molar-refractivity contribution in [3.63, 3.8) is 0 Å². The van der Waals surface area contributed by atoms with Gasteiger partial charge in [-0.25, -0.2) is 8.78 Å². The first-order chi connectivity index (χ1) is 8.67. The van der Waals surface area contributed by atoms with Crippen molar-refractivity contribution < 1.29 is 8.78 Å². The van der Waals surface area contributed by atoms with Crippen molar-refractivity contribution in [2.75, 3.05) is 6.54 Å². The second-order valence-electron chi connectivity index (χ2n) is 5.15. The second-order valence-corrected chi connectivity index (χ2v) is 5.15. The smallest absolute Gasteiger partial charge is 0.159 e. The highest BCUT2D eigenvalue weighted by molar-refractivity contribution is 5.26. The molecule has 1 N–H and O–H groups in total. The van der Waals surface area contributed by atoms with Crippen LogP contribution in [0.2, 0.25) is 0 Å². The van der Waals surface area contributed by atoms with Gasteiger partial charge in [-0.15, -0.1) is 0 Å². The summed E-state index contributed by atoms with van der Waals surface area (Å²) < 4.78 is 26.2. The zero-order valence-corrected chi connectivity index (χ0v) is 11.0. The Morgan fingerprint density at radius 2 is 2.00 bits per heavy atom. The summed E-state index contributed by atoms with van der Waals surface area (Å²) in [6, 6.07) is 4.86. The molecule has 1 aliphatic rings. The van der Waals surface area contributed by atoms with Crippen LogP contribution in [0.15, 0.2) is 18.2 Å². The lowest BCUT2D eigenvalue weighted by Gasteiger charge is -2.45. The number of nitrogens with one attached hydrogen (secondary N) is 1. The molecule has 0 heterocycles. The Bertz CT molecular complexity index is 405. The lowest BCUT2D eigenvalue weighted by atomic mass is 9.65. The standard InChI is InChI=1S/C15H21F2N/c1-3-7-18-15-9-12(11(15)4-2)10-5-6-13(16)14(17)8-10/h5-6,8,11-12,15,18H,3-4,7,9H2,1-2H3. The molecule has 3 atom stereocenters. The number of halogens is 2. The minimum absolute atomic E-state index is 0.374. The van der Waals surface area contributed by atoms with E-state index in [4.69, 9.17) is 0 Å². The maximum atomic E-state index is 13.2. The van der Waals surface area contributed by atoms with Crippen LogP contribution in [0.1, 0.15) is 44.6 Å². The summed E-state index contributed by atoms with van der Waals surface area (Å²) in [4.78, 5) is 0. The monoisotopic (exact) mass is 253 g/mol. The Morgan fingerprint density at radius 3 is 2.61 bits per heavy atom. The highest BCUT2D eigenvalue weighted by Gasteiger charge is 2.40. The van der Waals surface area contributed by atoms with E-state index in [9.17, 15) is 8.78 Å². The molecule has 0 spiro atoms. The average molecular weight is 253 g/mol. The molecule has 0 bridgehead atoms. The van der Waals surface area contributed by atoms with Gasteiger partial charge in [-0.3, -0.25) is 0 Å². The molecule has 18 heavy (non-hydrogen) atoms. The van der Waals surface area contributed by atoms with Gasteiger partial charge >= 0.3 is 0 Å². The van der Waals surface area contributed by atoms with Gasteiger partial charge in [0.15, 0.2) is 11.6 Å². The lowest BCUT2D eigenvalue weighted by molar-refractivity contribution is 0.160. The first kappa shape index (κ1) is 13.5. The molecule has 0 radical (unpaired) electrons. The third-order valence-corrected chi connectivity index (χ3v) is 4.04. The van der Waals surface area contributed by atoms with Gasteiger partial charge in [-0.1, -0.05) is 26.3 Å². The molecule has 0 amide bonds. The molecule has 1 nitrogen and oxygen atoms in total. The average Bonchev–Trinajstić information content (AvgIpc) is 2.33. The van der Waals surface area contributed by atoms with Gasteiger partial charge in [0, 0.05) is 6.04 Å². The summed E-state index contributed by atoms with van der Waals surface area (Å²) >= 11 is 0. The fourth-order valence-corrected chi connectivity index (χ4v) is 2.97. The van der Waals surface area contributed by atoms with E-state index < -0.39 is 11.6 Å². The summed E-state index contributed by atoms with van der Waals surface area (Å²) in [7, 11) is 0. The largest absolute Gasteiger partial charge is 0.314 e. The van der Waals surface area contributed by atoms with Gasteiger partial charge in [0.05, 0.1) is 0 Å². The molecule has 0 saturated heterocycles. The lowest BCUT2D eigenvalue weighted by Crippen LogP contribution is -2.49. The minimum atomic E-state index is -0.758. The van der Waals surface area contributed by atoms with Crippen molar-refractivity contribution in [1.82, 2.24) is 5.32 Å². The van der Waals surface area contributed by atoms with Gasteiger partial charge in [-0.05, 0) is 48.9 Å². The highest BCUT2D eigenvalue weighted by Crippen LogP contribution is 2.44. The molecule has 1 saturated carbocycles. The molecule has 0 aliphatic heterocycles. The summed E-state index contributed by atoms with van der Waals surface area (Å²) in [5.41, 5.74) is 0.940. The first-order valence-electron chi connectivity index (χ1n) is 6.85. The maximum absolute atomic E-state index is 13.2. The summed E-state index contributed by atoms with van der Waals surface area (Å²) in [6.07, 6.45) is 3.23. The Balaban J connectivity index is 2.04. The van der Waals surface area contributed by atoms with Crippen LogP contribution in [-0.2, 0) is 0 Å². The Labute approximate surface area is 108 Å². The van der Waals surface area contributed by atoms with Gasteiger partial charge < -0.3 is 5.32 Å². The number of benzene rings is 1. The molecule has 1 fully saturated rings. The van der Waals surface area contributed by atoms with E-state index >= 15 is 0 Å². The number of hydrogen-bond donors (Lipinski definition) is 1. The normalized spacial score (nSPS) is 27.0. The molecule has 3 heteroatoms. The zero-order chi connectivity index (χ0) is 13.1. The molecular weight excluding hydrogens is 232 g/mol. The molecule has 1 aromatic rings. The summed E-state index contributed by atoms with van der Waals surface area (Å²) in [5.74, 6) is -0.569. The number of hydrogen-bond acceptors (Lipinski definition) is 1. The van der Waals surface area contributed by atoms with E-state index in [1.807, 2.05) is 0 Å². The van der Waals surface area contributed by atoms with Crippen molar-refractivity contribution in [2.45, 2.75) is 45.1 Å². The highest BCUT2D eigenvalue weighted by atomic mass is 19.2. The van der Waals surface area contributed by atoms with Crippen LogP contribution in [0.5, 0.6) is 0 Å². The summed E-state index contributed by atoms with van der Waals surface area (Å²) in [5, 5.41) is 3.53. The van der Waals surface area contributed by atoms with E-state index in [0.717, 1.165) is 31.4 Å². The van der Waals surface area contributed by atoms with E-state index in [-0.39, 0.29) is 0 Å². The fraction of sp³-hybridized carbons (Fsp3) is 0.600. The van der Waals surface area contributed by atoms with Crippen molar-refractivity contribution in [3.05, 3.63) is 35.4 Å². The van der Waals surface area contributed by atoms with Crippen molar-refractivity contribution in [1.29, 1.82) is 0 Å². The maximum Gasteiger partial charge on any atom is 0.159 e. The van der Waals surface area contributed by atoms with E-state index in [1.165, 1.54) is 12.1 Å². The molecular formula is C15H21F2N. The van der Waals surface area contributed by atoms with Gasteiger partial charge in [0.25, 0.3) is 0 Å². The predicted octanol–water partition coefficient (Wildman–Crippen LogP) is 3.85. The molecule has 3 unspecified atom stereocenters. The second kappa shape index (κ2) is 5.79. The molecule has 100 valence electrons. The van der Waals surface area contributed by atoms with Gasteiger partial charge in [-0.2, -0.15) is 0 Å². The van der Waals surface area contributed by atoms with Crippen LogP contribution >= 0.6 is 0 Å². The molecule has 0 aromatic heterocycles. The van der Waals surface area contributed by atoms with E-state index in [1.54, 1.807) is 6.07 Å². The van der Waals surface area contributed by atoms with Gasteiger partial charge in [0.1, 0.15) is 0 Å². The fourth-order valence-electron chi connectivity index (χ4n) is 2.97. The van der Waals surface area contributed by atoms with Crippen LogP contribution in [0, 0.1) is 17.6 Å². The topological polar surface area (TPSA) is 12.0 Å². The zero-order valence-electron chi connectivity index (χ0n) is 11.0. The third kappa shape index (κ3) is 2.56. The van der Waals surface area contributed by atoms with Crippen molar-refractivity contribution >= 4 is 0 Å². The van der Waals surface area contributed by atoms with E-state index in [0.29, 0.717) is 17.9 Å². The van der Waals surface area contributed by atoms with Crippen molar-refractivity contribution in [2.24, 2.45) is 5.92 Å². The van der Waals surface area contributed by atoms with Crippen LogP contribution < -0.4 is 5.32 Å². The minimum Gasteiger partial charge on any atom is -0.314 e.